The van der Waals surface area contributed by atoms with E-state index >= 15 is 0 Å². The Hall–Kier alpha value is -3.69. The molecule has 0 aliphatic carbocycles. The summed E-state index contributed by atoms with van der Waals surface area (Å²) >= 11 is 0. The predicted octanol–water partition coefficient (Wildman–Crippen LogP) is 2.39. The SMILES string of the molecule is COc1ccc(OC)c(NC(=O)CN2C(=O)NC(C)(c3cc(F)ccc3F)C2=O)c1. The number of benzene rings is 2. The van der Waals surface area contributed by atoms with Gasteiger partial charge in [0.1, 0.15) is 35.2 Å². The second kappa shape index (κ2) is 7.97. The fourth-order valence-electron chi connectivity index (χ4n) is 3.15. The third-order valence-corrected chi connectivity index (χ3v) is 4.72. The zero-order chi connectivity index (χ0) is 22.1. The zero-order valence-electron chi connectivity index (χ0n) is 16.4. The van der Waals surface area contributed by atoms with Crippen LogP contribution in [0.1, 0.15) is 12.5 Å². The number of nitrogens with zero attached hydrogens (tertiary/aromatic N) is 1. The van der Waals surface area contributed by atoms with Crippen molar-refractivity contribution in [3.8, 4) is 11.5 Å². The molecule has 1 unspecified atom stereocenters. The lowest BCUT2D eigenvalue weighted by atomic mass is 9.91. The molecule has 30 heavy (non-hydrogen) atoms. The van der Waals surface area contributed by atoms with Gasteiger partial charge >= 0.3 is 6.03 Å². The van der Waals surface area contributed by atoms with Crippen molar-refractivity contribution in [2.75, 3.05) is 26.1 Å². The molecule has 158 valence electrons. The number of hydrogen-bond acceptors (Lipinski definition) is 5. The van der Waals surface area contributed by atoms with Gasteiger partial charge in [0.2, 0.25) is 5.91 Å². The van der Waals surface area contributed by atoms with Crippen LogP contribution in [0.3, 0.4) is 0 Å². The van der Waals surface area contributed by atoms with E-state index in [1.807, 2.05) is 0 Å². The molecular weight excluding hydrogens is 400 g/mol. The maximum Gasteiger partial charge on any atom is 0.325 e. The van der Waals surface area contributed by atoms with Crippen LogP contribution in [-0.4, -0.2) is 43.5 Å². The summed E-state index contributed by atoms with van der Waals surface area (Å²) in [4.78, 5) is 38.3. The molecule has 0 radical (unpaired) electrons. The second-order valence-corrected chi connectivity index (χ2v) is 6.69. The Morgan fingerprint density at radius 3 is 2.53 bits per heavy atom. The number of urea groups is 1. The van der Waals surface area contributed by atoms with Gasteiger partial charge in [-0.3, -0.25) is 14.5 Å². The van der Waals surface area contributed by atoms with E-state index < -0.39 is 41.6 Å². The first-order valence-electron chi connectivity index (χ1n) is 8.81. The third-order valence-electron chi connectivity index (χ3n) is 4.72. The largest absolute Gasteiger partial charge is 0.497 e. The molecule has 1 atom stereocenters. The Morgan fingerprint density at radius 2 is 1.87 bits per heavy atom. The molecule has 1 aliphatic rings. The normalized spacial score (nSPS) is 18.2. The number of carbonyl (C=O) groups is 3. The summed E-state index contributed by atoms with van der Waals surface area (Å²) in [6, 6.07) is 6.40. The molecule has 0 saturated carbocycles. The van der Waals surface area contributed by atoms with E-state index in [0.717, 1.165) is 18.2 Å². The van der Waals surface area contributed by atoms with Gasteiger partial charge in [-0.05, 0) is 37.3 Å². The Labute approximate surface area is 170 Å². The van der Waals surface area contributed by atoms with Gasteiger partial charge in [-0.1, -0.05) is 0 Å². The van der Waals surface area contributed by atoms with Gasteiger partial charge < -0.3 is 20.1 Å². The molecule has 1 heterocycles. The van der Waals surface area contributed by atoms with Crippen LogP contribution in [0.15, 0.2) is 36.4 Å². The maximum absolute atomic E-state index is 14.2. The highest BCUT2D eigenvalue weighted by atomic mass is 19.1. The lowest BCUT2D eigenvalue weighted by Crippen LogP contribution is -2.42. The zero-order valence-corrected chi connectivity index (χ0v) is 16.4. The molecule has 1 saturated heterocycles. The molecule has 2 aromatic carbocycles. The highest BCUT2D eigenvalue weighted by Gasteiger charge is 2.50. The minimum atomic E-state index is -1.85. The standard InChI is InChI=1S/C20H19F2N3O5/c1-20(13-8-11(21)4-6-14(13)22)18(27)25(19(28)24-20)10-17(26)23-15-9-12(29-2)5-7-16(15)30-3/h4-9H,10H2,1-3H3,(H,23,26)(H,24,28). The maximum atomic E-state index is 14.2. The van der Waals surface area contributed by atoms with Gasteiger partial charge in [-0.25, -0.2) is 13.6 Å². The fraction of sp³-hybridized carbons (Fsp3) is 0.250. The van der Waals surface area contributed by atoms with E-state index in [1.165, 1.54) is 27.2 Å². The van der Waals surface area contributed by atoms with E-state index in [-0.39, 0.29) is 11.3 Å². The molecule has 10 heteroatoms. The highest BCUT2D eigenvalue weighted by molar-refractivity contribution is 6.10. The Kier molecular flexibility index (Phi) is 5.59. The topological polar surface area (TPSA) is 97.0 Å². The first-order chi connectivity index (χ1) is 14.2. The van der Waals surface area contributed by atoms with Gasteiger partial charge in [-0.2, -0.15) is 0 Å². The molecule has 1 aliphatic heterocycles. The van der Waals surface area contributed by atoms with Crippen LogP contribution >= 0.6 is 0 Å². The first-order valence-corrected chi connectivity index (χ1v) is 8.81. The molecule has 2 N–H and O–H groups in total. The van der Waals surface area contributed by atoms with Gasteiger partial charge in [0.15, 0.2) is 0 Å². The lowest BCUT2D eigenvalue weighted by Gasteiger charge is -2.22. The summed E-state index contributed by atoms with van der Waals surface area (Å²) in [7, 11) is 2.86. The minimum absolute atomic E-state index is 0.271. The van der Waals surface area contributed by atoms with Crippen LogP contribution in [0.25, 0.3) is 0 Å². The third kappa shape index (κ3) is 3.76. The Bertz CT molecular complexity index is 1030. The van der Waals surface area contributed by atoms with Crippen molar-refractivity contribution < 1.29 is 32.6 Å². The van der Waals surface area contributed by atoms with Crippen LogP contribution in [0.4, 0.5) is 19.3 Å². The van der Waals surface area contributed by atoms with Crippen LogP contribution < -0.4 is 20.1 Å². The van der Waals surface area contributed by atoms with E-state index in [9.17, 15) is 23.2 Å². The van der Waals surface area contributed by atoms with E-state index in [2.05, 4.69) is 10.6 Å². The number of carbonyl (C=O) groups excluding carboxylic acids is 3. The number of hydrogen-bond donors (Lipinski definition) is 2. The van der Waals surface area contributed by atoms with Gasteiger partial charge in [0.05, 0.1) is 19.9 Å². The summed E-state index contributed by atoms with van der Waals surface area (Å²) in [5.74, 6) is -2.42. The van der Waals surface area contributed by atoms with Crippen LogP contribution in [-0.2, 0) is 15.1 Å². The van der Waals surface area contributed by atoms with E-state index in [4.69, 9.17) is 9.47 Å². The molecule has 4 amide bonds. The van der Waals surface area contributed by atoms with E-state index in [1.54, 1.807) is 12.1 Å². The highest BCUT2D eigenvalue weighted by Crippen LogP contribution is 2.32. The van der Waals surface area contributed by atoms with E-state index in [0.29, 0.717) is 16.4 Å². The monoisotopic (exact) mass is 419 g/mol. The number of methoxy groups -OCH3 is 2. The smallest absolute Gasteiger partial charge is 0.325 e. The number of ether oxygens (including phenoxy) is 2. The fourth-order valence-corrected chi connectivity index (χ4v) is 3.15. The number of anilines is 1. The quantitative estimate of drug-likeness (QED) is 0.701. The number of nitrogens with one attached hydrogen (secondary N) is 2. The summed E-state index contributed by atoms with van der Waals surface area (Å²) in [6.45, 7) is 0.603. The van der Waals surface area contributed by atoms with Crippen molar-refractivity contribution in [2.24, 2.45) is 0 Å². The van der Waals surface area contributed by atoms with Crippen LogP contribution in [0.5, 0.6) is 11.5 Å². The molecule has 8 nitrogen and oxygen atoms in total. The van der Waals surface area contributed by atoms with Crippen molar-refractivity contribution in [1.82, 2.24) is 10.2 Å². The summed E-state index contributed by atoms with van der Waals surface area (Å²) < 4.78 is 38.1. The molecular formula is C20H19F2N3O5. The van der Waals surface area contributed by atoms with Crippen LogP contribution in [0.2, 0.25) is 0 Å². The summed E-state index contributed by atoms with van der Waals surface area (Å²) in [6.07, 6.45) is 0. The molecule has 2 aromatic rings. The predicted molar refractivity (Wildman–Crippen MR) is 102 cm³/mol. The number of amides is 4. The average Bonchev–Trinajstić information content (AvgIpc) is 2.93. The van der Waals surface area contributed by atoms with Crippen molar-refractivity contribution in [2.45, 2.75) is 12.5 Å². The van der Waals surface area contributed by atoms with Gasteiger partial charge in [0, 0.05) is 11.6 Å². The molecule has 0 aromatic heterocycles. The molecule has 0 bridgehead atoms. The van der Waals surface area contributed by atoms with Gasteiger partial charge in [-0.15, -0.1) is 0 Å². The first kappa shape index (κ1) is 21.0. The molecule has 3 rings (SSSR count). The average molecular weight is 419 g/mol. The van der Waals surface area contributed by atoms with Crippen molar-refractivity contribution >= 4 is 23.5 Å². The lowest BCUT2D eigenvalue weighted by molar-refractivity contribution is -0.133. The Balaban J connectivity index is 1.81. The number of rotatable bonds is 6. The second-order valence-electron chi connectivity index (χ2n) is 6.69. The number of halogens is 2. The van der Waals surface area contributed by atoms with Crippen LogP contribution in [0, 0.1) is 11.6 Å². The number of imide groups is 1. The summed E-state index contributed by atoms with van der Waals surface area (Å²) in [5.41, 5.74) is -1.91. The summed E-state index contributed by atoms with van der Waals surface area (Å²) in [5, 5.41) is 4.87. The molecule has 0 spiro atoms. The van der Waals surface area contributed by atoms with Crippen molar-refractivity contribution in [3.63, 3.8) is 0 Å². The molecule has 1 fully saturated rings. The van der Waals surface area contributed by atoms with Crippen molar-refractivity contribution in [3.05, 3.63) is 53.6 Å². The minimum Gasteiger partial charge on any atom is -0.497 e. The van der Waals surface area contributed by atoms with Gasteiger partial charge in [0.25, 0.3) is 5.91 Å². The van der Waals surface area contributed by atoms with Crippen molar-refractivity contribution in [1.29, 1.82) is 0 Å². The Morgan fingerprint density at radius 1 is 1.13 bits per heavy atom.